The first-order valence-corrected chi connectivity index (χ1v) is 10.8. The molecule has 8 heteroatoms. The monoisotopic (exact) mass is 406 g/mol. The fourth-order valence-electron chi connectivity index (χ4n) is 3.25. The molecule has 28 heavy (non-hydrogen) atoms. The minimum absolute atomic E-state index is 0.0588. The van der Waals surface area contributed by atoms with E-state index in [9.17, 15) is 17.6 Å². The van der Waals surface area contributed by atoms with Crippen LogP contribution in [0.4, 0.5) is 4.39 Å². The zero-order valence-corrected chi connectivity index (χ0v) is 16.4. The predicted molar refractivity (Wildman–Crippen MR) is 104 cm³/mol. The normalized spacial score (nSPS) is 16.0. The van der Waals surface area contributed by atoms with Crippen LogP contribution in [-0.2, 0) is 21.2 Å². The van der Waals surface area contributed by atoms with Crippen molar-refractivity contribution < 1.29 is 22.5 Å². The van der Waals surface area contributed by atoms with Crippen LogP contribution in [0.5, 0.6) is 0 Å². The molecule has 150 valence electrons. The Labute approximate surface area is 165 Å². The Morgan fingerprint density at radius 3 is 2.32 bits per heavy atom. The van der Waals surface area contributed by atoms with Crippen LogP contribution in [0.25, 0.3) is 0 Å². The molecular formula is C20H25FN3O3S+. The van der Waals surface area contributed by atoms with Gasteiger partial charge in [-0.15, -0.1) is 0 Å². The number of carbonyl (C=O) groups is 1. The molecule has 0 saturated carbocycles. The highest BCUT2D eigenvalue weighted by Crippen LogP contribution is 2.14. The first-order valence-electron chi connectivity index (χ1n) is 9.35. The Hall–Kier alpha value is -2.29. The van der Waals surface area contributed by atoms with Crippen molar-refractivity contribution in [1.82, 2.24) is 9.62 Å². The zero-order chi connectivity index (χ0) is 20.0. The second-order valence-corrected chi connectivity index (χ2v) is 8.81. The molecule has 1 aliphatic rings. The van der Waals surface area contributed by atoms with E-state index in [1.807, 2.05) is 0 Å². The summed E-state index contributed by atoms with van der Waals surface area (Å²) in [5.74, 6) is -0.332. The van der Waals surface area contributed by atoms with E-state index in [1.54, 1.807) is 42.5 Å². The first-order chi connectivity index (χ1) is 13.4. The highest BCUT2D eigenvalue weighted by Gasteiger charge is 2.30. The molecule has 3 rings (SSSR count). The van der Waals surface area contributed by atoms with Crippen molar-refractivity contribution in [2.45, 2.75) is 11.3 Å². The number of hydrogen-bond donors (Lipinski definition) is 2. The molecule has 1 aliphatic heterocycles. The Kier molecular flexibility index (Phi) is 6.77. The SMILES string of the molecule is O=C(C[NH+]1CCN(S(=O)(=O)c2ccccc2)CC1)NCCc1ccc(F)cc1. The molecule has 0 unspecified atom stereocenters. The van der Waals surface area contributed by atoms with Gasteiger partial charge in [0, 0.05) is 6.54 Å². The van der Waals surface area contributed by atoms with Gasteiger partial charge in [0.05, 0.1) is 31.1 Å². The van der Waals surface area contributed by atoms with E-state index in [0.717, 1.165) is 10.5 Å². The van der Waals surface area contributed by atoms with E-state index < -0.39 is 10.0 Å². The minimum atomic E-state index is -3.47. The molecule has 0 aliphatic carbocycles. The molecule has 1 amide bonds. The Morgan fingerprint density at radius 2 is 1.68 bits per heavy atom. The molecule has 1 heterocycles. The number of sulfonamides is 1. The van der Waals surface area contributed by atoms with Crippen molar-refractivity contribution in [3.05, 3.63) is 66.0 Å². The van der Waals surface area contributed by atoms with Crippen molar-refractivity contribution in [1.29, 1.82) is 0 Å². The molecular weight excluding hydrogens is 381 g/mol. The number of quaternary nitrogens is 1. The van der Waals surface area contributed by atoms with Crippen LogP contribution >= 0.6 is 0 Å². The summed E-state index contributed by atoms with van der Waals surface area (Å²) in [5.41, 5.74) is 0.966. The van der Waals surface area contributed by atoms with Gasteiger partial charge in [0.2, 0.25) is 10.0 Å². The predicted octanol–water partition coefficient (Wildman–Crippen LogP) is 0.0738. The third-order valence-corrected chi connectivity index (χ3v) is 6.78. The van der Waals surface area contributed by atoms with E-state index in [0.29, 0.717) is 50.6 Å². The van der Waals surface area contributed by atoms with Gasteiger partial charge in [-0.1, -0.05) is 30.3 Å². The van der Waals surface area contributed by atoms with Crippen molar-refractivity contribution in [3.8, 4) is 0 Å². The summed E-state index contributed by atoms with van der Waals surface area (Å²) < 4.78 is 39.6. The maximum absolute atomic E-state index is 12.9. The summed E-state index contributed by atoms with van der Waals surface area (Å²) in [5, 5.41) is 2.87. The maximum Gasteiger partial charge on any atom is 0.275 e. The van der Waals surface area contributed by atoms with Gasteiger partial charge in [-0.2, -0.15) is 4.31 Å². The van der Waals surface area contributed by atoms with Crippen LogP contribution in [0.1, 0.15) is 5.56 Å². The van der Waals surface area contributed by atoms with E-state index >= 15 is 0 Å². The first kappa shape index (κ1) is 20.4. The summed E-state index contributed by atoms with van der Waals surface area (Å²) in [6.07, 6.45) is 0.643. The highest BCUT2D eigenvalue weighted by atomic mass is 32.2. The number of carbonyl (C=O) groups excluding carboxylic acids is 1. The standard InChI is InChI=1S/C20H24FN3O3S/c21-18-8-6-17(7-9-18)10-11-22-20(25)16-23-12-14-24(15-13-23)28(26,27)19-4-2-1-3-5-19/h1-9H,10-16H2,(H,22,25)/p+1. The third kappa shape index (κ3) is 5.37. The van der Waals surface area contributed by atoms with Crippen LogP contribution in [0.15, 0.2) is 59.5 Å². The number of amides is 1. The molecule has 2 N–H and O–H groups in total. The summed E-state index contributed by atoms with van der Waals surface area (Å²) >= 11 is 0. The number of hydrogen-bond acceptors (Lipinski definition) is 3. The fourth-order valence-corrected chi connectivity index (χ4v) is 4.71. The molecule has 0 spiro atoms. The molecule has 1 fully saturated rings. The number of piperazine rings is 1. The Morgan fingerprint density at radius 1 is 1.04 bits per heavy atom. The molecule has 0 radical (unpaired) electrons. The minimum Gasteiger partial charge on any atom is -0.351 e. The third-order valence-electron chi connectivity index (χ3n) is 4.87. The second-order valence-electron chi connectivity index (χ2n) is 6.87. The highest BCUT2D eigenvalue weighted by molar-refractivity contribution is 7.89. The summed E-state index contributed by atoms with van der Waals surface area (Å²) in [6.45, 7) is 2.80. The lowest BCUT2D eigenvalue weighted by Crippen LogP contribution is -3.15. The zero-order valence-electron chi connectivity index (χ0n) is 15.6. The average Bonchev–Trinajstić information content (AvgIpc) is 2.70. The van der Waals surface area contributed by atoms with E-state index in [4.69, 9.17) is 0 Å². The summed E-state index contributed by atoms with van der Waals surface area (Å²) in [6, 6.07) is 14.6. The van der Waals surface area contributed by atoms with Gasteiger partial charge >= 0.3 is 0 Å². The lowest BCUT2D eigenvalue weighted by Gasteiger charge is -2.31. The second kappa shape index (κ2) is 9.27. The van der Waals surface area contributed by atoms with Crippen LogP contribution in [-0.4, -0.2) is 57.9 Å². The van der Waals surface area contributed by atoms with Gasteiger partial charge in [0.15, 0.2) is 6.54 Å². The van der Waals surface area contributed by atoms with Gasteiger partial charge in [-0.3, -0.25) is 4.79 Å². The van der Waals surface area contributed by atoms with E-state index in [1.165, 1.54) is 16.4 Å². The number of benzene rings is 2. The Balaban J connectivity index is 1.41. The molecule has 0 bridgehead atoms. The molecule has 0 atom stereocenters. The summed E-state index contributed by atoms with van der Waals surface area (Å²) in [4.78, 5) is 13.5. The molecule has 6 nitrogen and oxygen atoms in total. The number of nitrogens with one attached hydrogen (secondary N) is 2. The van der Waals surface area contributed by atoms with Gasteiger partial charge < -0.3 is 10.2 Å². The van der Waals surface area contributed by atoms with E-state index in [-0.39, 0.29) is 11.7 Å². The topological polar surface area (TPSA) is 70.9 Å². The number of halogens is 1. The average molecular weight is 407 g/mol. The molecule has 1 saturated heterocycles. The largest absolute Gasteiger partial charge is 0.351 e. The van der Waals surface area contributed by atoms with Gasteiger partial charge in [0.25, 0.3) is 5.91 Å². The smallest absolute Gasteiger partial charge is 0.275 e. The lowest BCUT2D eigenvalue weighted by molar-refractivity contribution is -0.895. The summed E-state index contributed by atoms with van der Waals surface area (Å²) in [7, 11) is -3.47. The fraction of sp³-hybridized carbons (Fsp3) is 0.350. The van der Waals surface area contributed by atoms with Crippen LogP contribution < -0.4 is 10.2 Å². The van der Waals surface area contributed by atoms with E-state index in [2.05, 4.69) is 5.32 Å². The van der Waals surface area contributed by atoms with Crippen molar-refractivity contribution in [3.63, 3.8) is 0 Å². The number of nitrogens with zero attached hydrogens (tertiary/aromatic N) is 1. The van der Waals surface area contributed by atoms with Crippen LogP contribution in [0.2, 0.25) is 0 Å². The van der Waals surface area contributed by atoms with Crippen LogP contribution in [0.3, 0.4) is 0 Å². The van der Waals surface area contributed by atoms with Crippen LogP contribution in [0, 0.1) is 5.82 Å². The number of rotatable bonds is 7. The molecule has 0 aromatic heterocycles. The van der Waals surface area contributed by atoms with Gasteiger partial charge in [0.1, 0.15) is 5.82 Å². The molecule has 2 aromatic carbocycles. The lowest BCUT2D eigenvalue weighted by atomic mass is 10.1. The van der Waals surface area contributed by atoms with Gasteiger partial charge in [-0.05, 0) is 36.2 Å². The van der Waals surface area contributed by atoms with Gasteiger partial charge in [-0.25, -0.2) is 12.8 Å². The quantitative estimate of drug-likeness (QED) is 0.684. The Bertz CT molecular complexity index is 881. The van der Waals surface area contributed by atoms with Crippen molar-refractivity contribution in [2.24, 2.45) is 0 Å². The maximum atomic E-state index is 12.9. The molecule has 2 aromatic rings. The van der Waals surface area contributed by atoms with Crippen molar-refractivity contribution >= 4 is 15.9 Å². The van der Waals surface area contributed by atoms with Crippen molar-refractivity contribution in [2.75, 3.05) is 39.3 Å².